The third-order valence-electron chi connectivity index (χ3n) is 2.98. The third-order valence-corrected chi connectivity index (χ3v) is 2.98. The fourth-order valence-electron chi connectivity index (χ4n) is 2.14. The quantitative estimate of drug-likeness (QED) is 0.551. The first-order valence-electron chi connectivity index (χ1n) is 5.90. The van der Waals surface area contributed by atoms with Crippen molar-refractivity contribution in [3.8, 4) is 0 Å². The van der Waals surface area contributed by atoms with E-state index in [4.69, 9.17) is 0 Å². The van der Waals surface area contributed by atoms with E-state index >= 15 is 0 Å². The minimum atomic E-state index is 0.239. The maximum atomic E-state index is 11.9. The summed E-state index contributed by atoms with van der Waals surface area (Å²) in [6.45, 7) is 7.86. The van der Waals surface area contributed by atoms with Gasteiger partial charge in [-0.25, -0.2) is 0 Å². The average molecular weight is 210 g/mol. The number of nitrogens with zero attached hydrogens (tertiary/aromatic N) is 1. The lowest BCUT2D eigenvalue weighted by Crippen LogP contribution is -2.47. The van der Waals surface area contributed by atoms with Crippen LogP contribution in [0.3, 0.4) is 0 Å². The lowest BCUT2D eigenvalue weighted by Gasteiger charge is -2.35. The number of carbonyl (C=O) groups excluding carboxylic acids is 1. The Bertz CT molecular complexity index is 216. The second-order valence-corrected chi connectivity index (χ2v) is 4.06. The Morgan fingerprint density at radius 3 is 3.07 bits per heavy atom. The molecule has 1 atom stereocenters. The topological polar surface area (TPSA) is 32.3 Å². The first kappa shape index (κ1) is 12.2. The van der Waals surface area contributed by atoms with Crippen LogP contribution in [0, 0.1) is 0 Å². The molecule has 1 saturated heterocycles. The van der Waals surface area contributed by atoms with Crippen LogP contribution in [0.1, 0.15) is 32.6 Å². The van der Waals surface area contributed by atoms with Gasteiger partial charge in [0, 0.05) is 19.1 Å². The number of likely N-dealkylation sites (tertiary alicyclic amines) is 1. The van der Waals surface area contributed by atoms with Gasteiger partial charge in [0.1, 0.15) is 0 Å². The molecule has 0 radical (unpaired) electrons. The molecule has 0 aromatic rings. The number of hydrogen-bond donors (Lipinski definition) is 1. The van der Waals surface area contributed by atoms with Crippen molar-refractivity contribution in [2.45, 2.75) is 38.6 Å². The molecule has 0 bridgehead atoms. The summed E-state index contributed by atoms with van der Waals surface area (Å²) in [6, 6.07) is 0.469. The normalized spacial score (nSPS) is 21.4. The highest BCUT2D eigenvalue weighted by molar-refractivity contribution is 5.78. The van der Waals surface area contributed by atoms with Crippen molar-refractivity contribution in [1.29, 1.82) is 0 Å². The zero-order chi connectivity index (χ0) is 11.1. The van der Waals surface area contributed by atoms with Crippen LogP contribution in [0.5, 0.6) is 0 Å². The Kier molecular flexibility index (Phi) is 5.40. The van der Waals surface area contributed by atoms with Crippen molar-refractivity contribution in [2.75, 3.05) is 19.6 Å². The minimum absolute atomic E-state index is 0.239. The SMILES string of the molecule is C=CCNCC(=O)N1CCCCC1CC. The van der Waals surface area contributed by atoms with Gasteiger partial charge in [0.05, 0.1) is 6.54 Å². The fraction of sp³-hybridized carbons (Fsp3) is 0.750. The number of hydrogen-bond acceptors (Lipinski definition) is 2. The van der Waals surface area contributed by atoms with Crippen molar-refractivity contribution in [2.24, 2.45) is 0 Å². The van der Waals surface area contributed by atoms with Crippen molar-refractivity contribution in [3.05, 3.63) is 12.7 Å². The van der Waals surface area contributed by atoms with E-state index in [2.05, 4.69) is 18.8 Å². The molecule has 1 rings (SSSR count). The monoisotopic (exact) mass is 210 g/mol. The molecule has 3 nitrogen and oxygen atoms in total. The molecule has 0 aliphatic carbocycles. The summed E-state index contributed by atoms with van der Waals surface area (Å²) in [4.78, 5) is 13.9. The highest BCUT2D eigenvalue weighted by Crippen LogP contribution is 2.19. The Hall–Kier alpha value is -0.830. The Morgan fingerprint density at radius 2 is 2.40 bits per heavy atom. The van der Waals surface area contributed by atoms with Crippen LogP contribution in [-0.2, 0) is 4.79 Å². The highest BCUT2D eigenvalue weighted by Gasteiger charge is 2.24. The van der Waals surface area contributed by atoms with E-state index < -0.39 is 0 Å². The highest BCUT2D eigenvalue weighted by atomic mass is 16.2. The van der Waals surface area contributed by atoms with Crippen LogP contribution in [-0.4, -0.2) is 36.5 Å². The predicted molar refractivity (Wildman–Crippen MR) is 62.7 cm³/mol. The molecule has 1 amide bonds. The molecule has 1 aliphatic heterocycles. The van der Waals surface area contributed by atoms with Crippen LogP contribution < -0.4 is 5.32 Å². The molecule has 1 aliphatic rings. The van der Waals surface area contributed by atoms with Crippen LogP contribution in [0.15, 0.2) is 12.7 Å². The van der Waals surface area contributed by atoms with E-state index in [0.717, 1.165) is 19.4 Å². The van der Waals surface area contributed by atoms with Gasteiger partial charge in [-0.2, -0.15) is 0 Å². The summed E-state index contributed by atoms with van der Waals surface area (Å²) < 4.78 is 0. The molecule has 3 heteroatoms. The summed E-state index contributed by atoms with van der Waals surface area (Å²) in [5.74, 6) is 0.239. The molecule has 0 spiro atoms. The van der Waals surface area contributed by atoms with E-state index in [1.165, 1.54) is 12.8 Å². The maximum absolute atomic E-state index is 11.9. The molecule has 0 aromatic carbocycles. The van der Waals surface area contributed by atoms with Crippen molar-refractivity contribution >= 4 is 5.91 Å². The minimum Gasteiger partial charge on any atom is -0.339 e. The molecule has 1 unspecified atom stereocenters. The van der Waals surface area contributed by atoms with E-state index in [1.54, 1.807) is 6.08 Å². The summed E-state index contributed by atoms with van der Waals surface area (Å²) in [7, 11) is 0. The van der Waals surface area contributed by atoms with E-state index in [1.807, 2.05) is 4.90 Å². The third kappa shape index (κ3) is 3.67. The lowest BCUT2D eigenvalue weighted by molar-refractivity contribution is -0.133. The zero-order valence-electron chi connectivity index (χ0n) is 9.67. The molecular formula is C12H22N2O. The number of amides is 1. The summed E-state index contributed by atoms with van der Waals surface area (Å²) in [5.41, 5.74) is 0. The van der Waals surface area contributed by atoms with Crippen LogP contribution in [0.2, 0.25) is 0 Å². The predicted octanol–water partition coefficient (Wildman–Crippen LogP) is 1.55. The van der Waals surface area contributed by atoms with Gasteiger partial charge in [0.2, 0.25) is 5.91 Å². The molecule has 0 aromatic heterocycles. The van der Waals surface area contributed by atoms with Gasteiger partial charge in [-0.3, -0.25) is 4.79 Å². The van der Waals surface area contributed by atoms with Gasteiger partial charge in [-0.05, 0) is 25.7 Å². The standard InChI is InChI=1S/C12H22N2O/c1-3-8-13-10-12(15)14-9-6-5-7-11(14)4-2/h3,11,13H,1,4-10H2,2H3. The fourth-order valence-corrected chi connectivity index (χ4v) is 2.14. The van der Waals surface area contributed by atoms with E-state index in [9.17, 15) is 4.79 Å². The van der Waals surface area contributed by atoms with Gasteiger partial charge >= 0.3 is 0 Å². The average Bonchev–Trinajstić information content (AvgIpc) is 2.29. The number of piperidine rings is 1. The number of rotatable bonds is 5. The molecule has 1 fully saturated rings. The lowest BCUT2D eigenvalue weighted by atomic mass is 10.00. The summed E-state index contributed by atoms with van der Waals surface area (Å²) >= 11 is 0. The molecule has 1 heterocycles. The number of nitrogens with one attached hydrogen (secondary N) is 1. The molecular weight excluding hydrogens is 188 g/mol. The van der Waals surface area contributed by atoms with Crippen LogP contribution >= 0.6 is 0 Å². The molecule has 0 saturated carbocycles. The molecule has 1 N–H and O–H groups in total. The smallest absolute Gasteiger partial charge is 0.236 e. The van der Waals surface area contributed by atoms with Crippen LogP contribution in [0.25, 0.3) is 0 Å². The first-order valence-corrected chi connectivity index (χ1v) is 5.90. The van der Waals surface area contributed by atoms with Gasteiger partial charge < -0.3 is 10.2 Å². The van der Waals surface area contributed by atoms with Gasteiger partial charge in [0.15, 0.2) is 0 Å². The van der Waals surface area contributed by atoms with Crippen molar-refractivity contribution in [3.63, 3.8) is 0 Å². The van der Waals surface area contributed by atoms with E-state index in [-0.39, 0.29) is 5.91 Å². The molecule has 15 heavy (non-hydrogen) atoms. The van der Waals surface area contributed by atoms with E-state index in [0.29, 0.717) is 19.1 Å². The second kappa shape index (κ2) is 6.62. The molecule has 86 valence electrons. The zero-order valence-corrected chi connectivity index (χ0v) is 9.67. The van der Waals surface area contributed by atoms with Crippen LogP contribution in [0.4, 0.5) is 0 Å². The summed E-state index contributed by atoms with van der Waals surface area (Å²) in [5, 5.41) is 3.07. The van der Waals surface area contributed by atoms with Crippen molar-refractivity contribution < 1.29 is 4.79 Å². The number of carbonyl (C=O) groups is 1. The Morgan fingerprint density at radius 1 is 1.60 bits per heavy atom. The second-order valence-electron chi connectivity index (χ2n) is 4.06. The maximum Gasteiger partial charge on any atom is 0.236 e. The Balaban J connectivity index is 2.37. The largest absolute Gasteiger partial charge is 0.339 e. The van der Waals surface area contributed by atoms with Gasteiger partial charge in [-0.1, -0.05) is 13.0 Å². The Labute approximate surface area is 92.5 Å². The van der Waals surface area contributed by atoms with Gasteiger partial charge in [0.25, 0.3) is 0 Å². The summed E-state index contributed by atoms with van der Waals surface area (Å²) in [6.07, 6.45) is 6.45. The first-order chi connectivity index (χ1) is 7.29. The van der Waals surface area contributed by atoms with Crippen molar-refractivity contribution in [1.82, 2.24) is 10.2 Å². The van der Waals surface area contributed by atoms with Gasteiger partial charge in [-0.15, -0.1) is 6.58 Å².